The van der Waals surface area contributed by atoms with Crippen LogP contribution in [0.4, 0.5) is 11.4 Å². The second-order valence-electron chi connectivity index (χ2n) is 6.04. The molecular weight excluding hydrogens is 330 g/mol. The molecule has 0 aliphatic carbocycles. The minimum Gasteiger partial charge on any atom is -0.355 e. The van der Waals surface area contributed by atoms with Crippen molar-refractivity contribution in [2.75, 3.05) is 5.32 Å². The summed E-state index contributed by atoms with van der Waals surface area (Å²) in [5, 5.41) is 16.0. The monoisotopic (exact) mass is 345 g/mol. The third-order valence-electron chi connectivity index (χ3n) is 4.33. The maximum atomic E-state index is 12.4. The Morgan fingerprint density at radius 3 is 2.54 bits per heavy atom. The van der Waals surface area contributed by atoms with Crippen LogP contribution in [0.1, 0.15) is 5.56 Å². The number of nitrogens with zero attached hydrogens (tertiary/aromatic N) is 1. The van der Waals surface area contributed by atoms with Crippen molar-refractivity contribution >= 4 is 39.1 Å². The number of anilines is 1. The number of amides is 1. The number of carbonyl (C=O) groups is 1. The third kappa shape index (κ3) is 2.88. The zero-order valence-corrected chi connectivity index (χ0v) is 13.7. The summed E-state index contributed by atoms with van der Waals surface area (Å²) < 4.78 is 0. The van der Waals surface area contributed by atoms with Crippen LogP contribution in [0.25, 0.3) is 21.8 Å². The Morgan fingerprint density at radius 1 is 0.962 bits per heavy atom. The number of para-hydroxylation sites is 2. The van der Waals surface area contributed by atoms with Gasteiger partial charge in [-0.1, -0.05) is 36.4 Å². The summed E-state index contributed by atoms with van der Waals surface area (Å²) in [6, 6.07) is 19.9. The summed E-state index contributed by atoms with van der Waals surface area (Å²) in [7, 11) is 0. The Kier molecular flexibility index (Phi) is 3.85. The third-order valence-corrected chi connectivity index (χ3v) is 4.33. The number of nitrogens with one attached hydrogen (secondary N) is 2. The molecule has 2 N–H and O–H groups in total. The smallest absolute Gasteiger partial charge is 0.273 e. The van der Waals surface area contributed by atoms with Gasteiger partial charge in [0, 0.05) is 39.1 Å². The maximum Gasteiger partial charge on any atom is 0.273 e. The average molecular weight is 345 g/mol. The molecule has 0 fully saturated rings. The summed E-state index contributed by atoms with van der Waals surface area (Å²) in [5.74, 6) is -0.293. The highest BCUT2D eigenvalue weighted by Gasteiger charge is 2.15. The normalized spacial score (nSPS) is 10.9. The molecular formula is C20H15N3O3. The van der Waals surface area contributed by atoms with Crippen LogP contribution in [0.2, 0.25) is 0 Å². The molecule has 6 heteroatoms. The fraction of sp³-hybridized carbons (Fsp3) is 0.0500. The molecule has 0 atom stereocenters. The van der Waals surface area contributed by atoms with E-state index in [9.17, 15) is 14.9 Å². The number of fused-ring (bicyclic) bond motifs is 3. The summed E-state index contributed by atoms with van der Waals surface area (Å²) >= 11 is 0. The van der Waals surface area contributed by atoms with Crippen LogP contribution in [-0.2, 0) is 11.2 Å². The van der Waals surface area contributed by atoms with Crippen LogP contribution in [-0.4, -0.2) is 15.8 Å². The lowest BCUT2D eigenvalue weighted by Crippen LogP contribution is -2.15. The Hall–Kier alpha value is -3.67. The predicted molar refractivity (Wildman–Crippen MR) is 101 cm³/mol. The molecule has 3 aromatic carbocycles. The van der Waals surface area contributed by atoms with Crippen molar-refractivity contribution in [2.45, 2.75) is 6.42 Å². The molecule has 0 aliphatic rings. The van der Waals surface area contributed by atoms with Gasteiger partial charge in [0.25, 0.3) is 5.69 Å². The van der Waals surface area contributed by atoms with Crippen molar-refractivity contribution in [1.82, 2.24) is 4.98 Å². The van der Waals surface area contributed by atoms with Crippen molar-refractivity contribution in [3.63, 3.8) is 0 Å². The topological polar surface area (TPSA) is 88.0 Å². The van der Waals surface area contributed by atoms with E-state index in [2.05, 4.69) is 10.3 Å². The first kappa shape index (κ1) is 15.8. The molecule has 0 saturated carbocycles. The first-order valence-electron chi connectivity index (χ1n) is 8.14. The maximum absolute atomic E-state index is 12.4. The average Bonchev–Trinajstić information content (AvgIpc) is 3.00. The number of H-pyrrole nitrogens is 1. The molecule has 0 unspecified atom stereocenters. The van der Waals surface area contributed by atoms with E-state index in [4.69, 9.17) is 0 Å². The Labute approximate surface area is 148 Å². The molecule has 1 aromatic heterocycles. The number of nitro groups is 1. The lowest BCUT2D eigenvalue weighted by atomic mass is 10.1. The van der Waals surface area contributed by atoms with Crippen LogP contribution in [0.3, 0.4) is 0 Å². The minimum absolute atomic E-state index is 0.0465. The molecule has 128 valence electrons. The summed E-state index contributed by atoms with van der Waals surface area (Å²) in [6.45, 7) is 0. The lowest BCUT2D eigenvalue weighted by Gasteiger charge is -2.06. The van der Waals surface area contributed by atoms with Crippen LogP contribution in [0.15, 0.2) is 66.7 Å². The second-order valence-corrected chi connectivity index (χ2v) is 6.04. The molecule has 0 radical (unpaired) electrons. The Balaban J connectivity index is 1.60. The summed E-state index contributed by atoms with van der Waals surface area (Å²) in [5.41, 5.74) is 3.03. The summed E-state index contributed by atoms with van der Waals surface area (Å²) in [6.07, 6.45) is -0.0525. The van der Waals surface area contributed by atoms with Crippen molar-refractivity contribution in [2.24, 2.45) is 0 Å². The van der Waals surface area contributed by atoms with E-state index < -0.39 is 4.92 Å². The van der Waals surface area contributed by atoms with E-state index in [1.807, 2.05) is 42.5 Å². The SMILES string of the molecule is O=C(Cc1ccccc1[N+](=O)[O-])Nc1ccc2[nH]c3ccccc3c2c1. The van der Waals surface area contributed by atoms with Gasteiger partial charge in [-0.05, 0) is 24.3 Å². The first-order chi connectivity index (χ1) is 12.6. The van der Waals surface area contributed by atoms with E-state index in [-0.39, 0.29) is 18.0 Å². The Bertz CT molecular complexity index is 1150. The van der Waals surface area contributed by atoms with Gasteiger partial charge >= 0.3 is 0 Å². The van der Waals surface area contributed by atoms with E-state index in [0.29, 0.717) is 11.3 Å². The van der Waals surface area contributed by atoms with Gasteiger partial charge < -0.3 is 10.3 Å². The zero-order chi connectivity index (χ0) is 18.1. The largest absolute Gasteiger partial charge is 0.355 e. The molecule has 0 bridgehead atoms. The van der Waals surface area contributed by atoms with Gasteiger partial charge in [0.1, 0.15) is 0 Å². The molecule has 0 aliphatic heterocycles. The molecule has 6 nitrogen and oxygen atoms in total. The standard InChI is InChI=1S/C20H15N3O3/c24-20(11-13-5-1-4-8-19(13)23(25)26)21-14-9-10-18-16(12-14)15-6-2-3-7-17(15)22-18/h1-10,12,22H,11H2,(H,21,24). The molecule has 26 heavy (non-hydrogen) atoms. The summed E-state index contributed by atoms with van der Waals surface area (Å²) in [4.78, 5) is 26.3. The number of nitro benzene ring substituents is 1. The molecule has 4 rings (SSSR count). The van der Waals surface area contributed by atoms with E-state index in [1.165, 1.54) is 6.07 Å². The van der Waals surface area contributed by atoms with Crippen molar-refractivity contribution in [3.8, 4) is 0 Å². The number of hydrogen-bond donors (Lipinski definition) is 2. The number of aromatic amines is 1. The highest BCUT2D eigenvalue weighted by atomic mass is 16.6. The number of rotatable bonds is 4. The van der Waals surface area contributed by atoms with Gasteiger partial charge in [0.15, 0.2) is 0 Å². The highest BCUT2D eigenvalue weighted by molar-refractivity contribution is 6.09. The first-order valence-corrected chi connectivity index (χ1v) is 8.14. The van der Waals surface area contributed by atoms with Gasteiger partial charge in [-0.3, -0.25) is 14.9 Å². The lowest BCUT2D eigenvalue weighted by molar-refractivity contribution is -0.385. The van der Waals surface area contributed by atoms with Gasteiger partial charge in [-0.25, -0.2) is 0 Å². The van der Waals surface area contributed by atoms with Gasteiger partial charge in [0.2, 0.25) is 5.91 Å². The Morgan fingerprint density at radius 2 is 1.69 bits per heavy atom. The van der Waals surface area contributed by atoms with Crippen molar-refractivity contribution < 1.29 is 9.72 Å². The minimum atomic E-state index is -0.472. The number of carbonyl (C=O) groups excluding carboxylic acids is 1. The van der Waals surface area contributed by atoms with E-state index in [0.717, 1.165) is 21.8 Å². The predicted octanol–water partition coefficient (Wildman–Crippen LogP) is 4.41. The van der Waals surface area contributed by atoms with Gasteiger partial charge in [-0.15, -0.1) is 0 Å². The second kappa shape index (κ2) is 6.33. The van der Waals surface area contributed by atoms with Crippen LogP contribution in [0.5, 0.6) is 0 Å². The van der Waals surface area contributed by atoms with Gasteiger partial charge in [-0.2, -0.15) is 0 Å². The quantitative estimate of drug-likeness (QED) is 0.424. The van der Waals surface area contributed by atoms with Crippen LogP contribution < -0.4 is 5.32 Å². The van der Waals surface area contributed by atoms with Crippen molar-refractivity contribution in [3.05, 3.63) is 82.4 Å². The fourth-order valence-corrected chi connectivity index (χ4v) is 3.14. The number of hydrogen-bond acceptors (Lipinski definition) is 3. The number of aromatic nitrogens is 1. The number of benzene rings is 3. The van der Waals surface area contributed by atoms with Crippen molar-refractivity contribution in [1.29, 1.82) is 0 Å². The molecule has 1 heterocycles. The zero-order valence-electron chi connectivity index (χ0n) is 13.7. The fourth-order valence-electron chi connectivity index (χ4n) is 3.14. The highest BCUT2D eigenvalue weighted by Crippen LogP contribution is 2.28. The molecule has 4 aromatic rings. The molecule has 0 saturated heterocycles. The molecule has 0 spiro atoms. The molecule has 1 amide bonds. The van der Waals surface area contributed by atoms with E-state index >= 15 is 0 Å². The van der Waals surface area contributed by atoms with Crippen LogP contribution in [0, 0.1) is 10.1 Å². The van der Waals surface area contributed by atoms with E-state index in [1.54, 1.807) is 18.2 Å². The van der Waals surface area contributed by atoms with Gasteiger partial charge in [0.05, 0.1) is 11.3 Å². The van der Waals surface area contributed by atoms with Crippen LogP contribution >= 0.6 is 0 Å².